The van der Waals surface area contributed by atoms with Crippen LogP contribution in [0.1, 0.15) is 49.8 Å². The van der Waals surface area contributed by atoms with Crippen molar-refractivity contribution in [1.82, 2.24) is 0 Å². The number of carboxylic acid groups (broad SMARTS) is 1. The van der Waals surface area contributed by atoms with E-state index in [-0.39, 0.29) is 6.42 Å². The molecule has 5 nitrogen and oxygen atoms in total. The van der Waals surface area contributed by atoms with Crippen LogP contribution in [-0.4, -0.2) is 31.4 Å². The van der Waals surface area contributed by atoms with Crippen molar-refractivity contribution in [2.24, 2.45) is 0 Å². The van der Waals surface area contributed by atoms with Gasteiger partial charge in [0.2, 0.25) is 0 Å². The molecule has 30 heavy (non-hydrogen) atoms. The summed E-state index contributed by atoms with van der Waals surface area (Å²) >= 11 is 0. The predicted molar refractivity (Wildman–Crippen MR) is 121 cm³/mol. The number of hydrogen-bond donors (Lipinski definition) is 1. The molecule has 1 N–H and O–H groups in total. The summed E-state index contributed by atoms with van der Waals surface area (Å²) < 4.78 is 17.0. The second-order valence-corrected chi connectivity index (χ2v) is 6.60. The van der Waals surface area contributed by atoms with Crippen molar-refractivity contribution in [1.29, 1.82) is 0 Å². The summed E-state index contributed by atoms with van der Waals surface area (Å²) in [6, 6.07) is 11.9. The molecule has 0 spiro atoms. The zero-order valence-electron chi connectivity index (χ0n) is 17.9. The Hall–Kier alpha value is -3.21. The van der Waals surface area contributed by atoms with E-state index in [1.54, 1.807) is 7.11 Å². The lowest BCUT2D eigenvalue weighted by atomic mass is 10.1. The Bertz CT molecular complexity index is 883. The highest BCUT2D eigenvalue weighted by Gasteiger charge is 2.12. The molecule has 0 aliphatic rings. The number of methoxy groups -OCH3 is 1. The molecule has 0 amide bonds. The van der Waals surface area contributed by atoms with Crippen molar-refractivity contribution in [2.45, 2.75) is 33.1 Å². The van der Waals surface area contributed by atoms with Gasteiger partial charge in [-0.3, -0.25) is 4.79 Å². The van der Waals surface area contributed by atoms with E-state index in [1.807, 2.05) is 68.5 Å². The first-order valence-electron chi connectivity index (χ1n) is 10.2. The minimum atomic E-state index is -0.758. The molecule has 0 unspecified atom stereocenters. The van der Waals surface area contributed by atoms with Gasteiger partial charge in [-0.1, -0.05) is 42.5 Å². The van der Waals surface area contributed by atoms with Gasteiger partial charge in [0, 0.05) is 18.1 Å². The van der Waals surface area contributed by atoms with Crippen LogP contribution >= 0.6 is 0 Å². The third kappa shape index (κ3) is 7.32. The van der Waals surface area contributed by atoms with E-state index in [2.05, 4.69) is 6.07 Å². The van der Waals surface area contributed by atoms with Crippen molar-refractivity contribution in [2.75, 3.05) is 20.3 Å². The summed E-state index contributed by atoms with van der Waals surface area (Å²) in [6.07, 6.45) is 9.61. The van der Waals surface area contributed by atoms with Crippen LogP contribution in [0.4, 0.5) is 0 Å². The molecule has 2 rings (SSSR count). The van der Waals surface area contributed by atoms with E-state index >= 15 is 0 Å². The smallest absolute Gasteiger partial charge is 0.303 e. The van der Waals surface area contributed by atoms with E-state index in [0.29, 0.717) is 31.1 Å². The van der Waals surface area contributed by atoms with Gasteiger partial charge in [-0.15, -0.1) is 0 Å². The normalized spacial score (nSPS) is 11.2. The topological polar surface area (TPSA) is 65.0 Å². The minimum absolute atomic E-state index is 0.194. The van der Waals surface area contributed by atoms with Gasteiger partial charge in [-0.25, -0.2) is 0 Å². The molecule has 0 saturated carbocycles. The Labute approximate surface area is 178 Å². The molecular weight excluding hydrogens is 380 g/mol. The molecule has 0 aliphatic carbocycles. The molecule has 0 radical (unpaired) electrons. The molecule has 0 saturated heterocycles. The molecule has 2 aromatic rings. The summed E-state index contributed by atoms with van der Waals surface area (Å²) in [7, 11) is 1.63. The van der Waals surface area contributed by atoms with Crippen molar-refractivity contribution >= 4 is 24.2 Å². The lowest BCUT2D eigenvalue weighted by Crippen LogP contribution is -1.99. The highest BCUT2D eigenvalue weighted by molar-refractivity contribution is 5.76. The van der Waals surface area contributed by atoms with Gasteiger partial charge in [-0.05, 0) is 49.9 Å². The van der Waals surface area contributed by atoms with Gasteiger partial charge in [-0.2, -0.15) is 0 Å². The molecule has 0 aromatic heterocycles. The monoisotopic (exact) mass is 410 g/mol. The molecule has 160 valence electrons. The Morgan fingerprint density at radius 1 is 1.00 bits per heavy atom. The first-order valence-corrected chi connectivity index (χ1v) is 10.2. The minimum Gasteiger partial charge on any atom is -0.494 e. The average molecular weight is 411 g/mol. The zero-order valence-corrected chi connectivity index (χ0v) is 17.9. The van der Waals surface area contributed by atoms with Crippen LogP contribution in [0.15, 0.2) is 42.5 Å². The predicted octanol–water partition coefficient (Wildman–Crippen LogP) is 5.93. The maximum absolute atomic E-state index is 10.6. The van der Waals surface area contributed by atoms with Crippen LogP contribution in [0.5, 0.6) is 17.2 Å². The molecule has 5 heteroatoms. The number of carboxylic acids is 1. The van der Waals surface area contributed by atoms with Gasteiger partial charge >= 0.3 is 5.97 Å². The van der Waals surface area contributed by atoms with E-state index in [4.69, 9.17) is 19.3 Å². The van der Waals surface area contributed by atoms with Crippen molar-refractivity contribution in [3.63, 3.8) is 0 Å². The van der Waals surface area contributed by atoms with Crippen LogP contribution in [0.3, 0.4) is 0 Å². The third-order valence-electron chi connectivity index (χ3n) is 4.31. The second kappa shape index (κ2) is 12.4. The number of ether oxygens (including phenoxy) is 3. The van der Waals surface area contributed by atoms with Gasteiger partial charge in [0.05, 0.1) is 20.3 Å². The number of aliphatic carboxylic acids is 1. The van der Waals surface area contributed by atoms with Crippen LogP contribution in [0.25, 0.3) is 18.2 Å². The number of allylic oxidation sites excluding steroid dienone is 1. The fourth-order valence-electron chi connectivity index (χ4n) is 3.00. The summed E-state index contributed by atoms with van der Waals surface area (Å²) in [5.41, 5.74) is 2.99. The summed E-state index contributed by atoms with van der Waals surface area (Å²) in [4.78, 5) is 10.6. The molecule has 2 aromatic carbocycles. The van der Waals surface area contributed by atoms with Crippen LogP contribution < -0.4 is 14.2 Å². The van der Waals surface area contributed by atoms with Gasteiger partial charge in [0.25, 0.3) is 0 Å². The SMILES string of the molecule is CCOc1cc(C=Cc2cccc(C=CCCCC(=O)O)c2)c(OC)c(OCC)c1. The molecule has 0 fully saturated rings. The number of hydrogen-bond acceptors (Lipinski definition) is 4. The second-order valence-electron chi connectivity index (χ2n) is 6.60. The molecule has 0 aliphatic heterocycles. The number of unbranched alkanes of at least 4 members (excludes halogenated alkanes) is 1. The van der Waals surface area contributed by atoms with Crippen LogP contribution in [0, 0.1) is 0 Å². The Kier molecular flexibility index (Phi) is 9.52. The van der Waals surface area contributed by atoms with Crippen LogP contribution in [0.2, 0.25) is 0 Å². The number of benzene rings is 2. The first kappa shape index (κ1) is 23.1. The Morgan fingerprint density at radius 2 is 1.73 bits per heavy atom. The van der Waals surface area contributed by atoms with Crippen molar-refractivity contribution < 1.29 is 24.1 Å². The quantitative estimate of drug-likeness (QED) is 0.347. The van der Waals surface area contributed by atoms with Crippen molar-refractivity contribution in [3.05, 3.63) is 59.2 Å². The Morgan fingerprint density at radius 3 is 2.40 bits per heavy atom. The van der Waals surface area contributed by atoms with E-state index in [0.717, 1.165) is 28.9 Å². The molecule has 0 bridgehead atoms. The largest absolute Gasteiger partial charge is 0.494 e. The summed E-state index contributed by atoms with van der Waals surface area (Å²) in [5.74, 6) is 1.31. The fourth-order valence-corrected chi connectivity index (χ4v) is 3.00. The highest BCUT2D eigenvalue weighted by atomic mass is 16.5. The number of carbonyl (C=O) groups is 1. The van der Waals surface area contributed by atoms with Crippen LogP contribution in [-0.2, 0) is 4.79 Å². The Balaban J connectivity index is 2.20. The molecule has 0 heterocycles. The third-order valence-corrected chi connectivity index (χ3v) is 4.31. The van der Waals surface area contributed by atoms with E-state index < -0.39 is 5.97 Å². The van der Waals surface area contributed by atoms with Crippen molar-refractivity contribution in [3.8, 4) is 17.2 Å². The highest BCUT2D eigenvalue weighted by Crippen LogP contribution is 2.37. The lowest BCUT2D eigenvalue weighted by Gasteiger charge is -2.14. The van der Waals surface area contributed by atoms with E-state index in [9.17, 15) is 4.79 Å². The zero-order chi connectivity index (χ0) is 21.8. The van der Waals surface area contributed by atoms with Gasteiger partial charge in [0.15, 0.2) is 11.5 Å². The standard InChI is InChI=1S/C25H30O5/c1-4-29-22-17-21(25(28-3)23(18-22)30-5-2)15-14-20-12-9-11-19(16-20)10-7-6-8-13-24(26)27/h7,9-12,14-18H,4-6,8,13H2,1-3H3,(H,26,27). The van der Waals surface area contributed by atoms with Gasteiger partial charge in [0.1, 0.15) is 5.75 Å². The maximum Gasteiger partial charge on any atom is 0.303 e. The maximum atomic E-state index is 10.6. The summed E-state index contributed by atoms with van der Waals surface area (Å²) in [6.45, 7) is 4.99. The molecule has 0 atom stereocenters. The van der Waals surface area contributed by atoms with E-state index in [1.165, 1.54) is 0 Å². The summed E-state index contributed by atoms with van der Waals surface area (Å²) in [5, 5.41) is 8.69. The number of rotatable bonds is 12. The average Bonchev–Trinajstić information content (AvgIpc) is 2.72. The lowest BCUT2D eigenvalue weighted by molar-refractivity contribution is -0.137. The molecular formula is C25H30O5. The van der Waals surface area contributed by atoms with Gasteiger partial charge < -0.3 is 19.3 Å². The first-order chi connectivity index (χ1) is 14.6. The fraction of sp³-hybridized carbons (Fsp3) is 0.320.